The highest BCUT2D eigenvalue weighted by Crippen LogP contribution is 2.47. The molecule has 1 aliphatic rings. The van der Waals surface area contributed by atoms with Gasteiger partial charge in [0.2, 0.25) is 0 Å². The molecule has 13 heavy (non-hydrogen) atoms. The summed E-state index contributed by atoms with van der Waals surface area (Å²) in [5.41, 5.74) is 0.241. The van der Waals surface area contributed by atoms with Crippen LogP contribution >= 0.6 is 0 Å². The van der Waals surface area contributed by atoms with Gasteiger partial charge in [-0.25, -0.2) is 0 Å². The number of methoxy groups -OCH3 is 1. The Bertz CT molecular complexity index is 320. The van der Waals surface area contributed by atoms with E-state index < -0.39 is 5.41 Å². The highest BCUT2D eigenvalue weighted by molar-refractivity contribution is 5.85. The number of hydrogen-bond acceptors (Lipinski definition) is 4. The molecule has 4 heteroatoms. The van der Waals surface area contributed by atoms with E-state index in [1.54, 1.807) is 18.6 Å². The van der Waals surface area contributed by atoms with Gasteiger partial charge in [0.15, 0.2) is 0 Å². The van der Waals surface area contributed by atoms with E-state index in [-0.39, 0.29) is 5.97 Å². The first-order valence-corrected chi connectivity index (χ1v) is 4.14. The predicted molar refractivity (Wildman–Crippen MR) is 45.0 cm³/mol. The van der Waals surface area contributed by atoms with Crippen molar-refractivity contribution in [2.24, 2.45) is 0 Å². The first-order chi connectivity index (χ1) is 6.29. The largest absolute Gasteiger partial charge is 0.468 e. The standard InChI is InChI=1S/C9H10N2O2/c1-13-8(12)9(2-3-9)7-6-10-4-5-11-7/h4-6H,2-3H2,1H3. The summed E-state index contributed by atoms with van der Waals surface area (Å²) in [7, 11) is 1.40. The molecule has 1 heterocycles. The summed E-state index contributed by atoms with van der Waals surface area (Å²) < 4.78 is 4.73. The normalized spacial score (nSPS) is 17.9. The number of hydrogen-bond donors (Lipinski definition) is 0. The third-order valence-electron chi connectivity index (χ3n) is 2.38. The molecular formula is C9H10N2O2. The number of aromatic nitrogens is 2. The third kappa shape index (κ3) is 1.18. The van der Waals surface area contributed by atoms with Crippen molar-refractivity contribution in [2.75, 3.05) is 7.11 Å². The van der Waals surface area contributed by atoms with Gasteiger partial charge in [-0.2, -0.15) is 0 Å². The summed E-state index contributed by atoms with van der Waals surface area (Å²) in [5, 5.41) is 0. The molecule has 4 nitrogen and oxygen atoms in total. The summed E-state index contributed by atoms with van der Waals surface area (Å²) in [6, 6.07) is 0. The molecule has 0 spiro atoms. The fraction of sp³-hybridized carbons (Fsp3) is 0.444. The number of esters is 1. The lowest BCUT2D eigenvalue weighted by Crippen LogP contribution is -2.23. The highest BCUT2D eigenvalue weighted by atomic mass is 16.5. The van der Waals surface area contributed by atoms with Gasteiger partial charge in [-0.1, -0.05) is 0 Å². The minimum atomic E-state index is -0.483. The highest BCUT2D eigenvalue weighted by Gasteiger charge is 2.54. The molecule has 1 aliphatic carbocycles. The van der Waals surface area contributed by atoms with E-state index in [0.29, 0.717) is 0 Å². The molecular weight excluding hydrogens is 168 g/mol. The summed E-state index contributed by atoms with van der Waals surface area (Å²) >= 11 is 0. The zero-order valence-electron chi connectivity index (χ0n) is 7.36. The lowest BCUT2D eigenvalue weighted by Gasteiger charge is -2.10. The van der Waals surface area contributed by atoms with Crippen LogP contribution in [-0.4, -0.2) is 23.0 Å². The fourth-order valence-electron chi connectivity index (χ4n) is 1.43. The van der Waals surface area contributed by atoms with Gasteiger partial charge in [-0.3, -0.25) is 14.8 Å². The maximum atomic E-state index is 11.4. The van der Waals surface area contributed by atoms with E-state index in [9.17, 15) is 4.79 Å². The molecule has 0 saturated heterocycles. The Kier molecular flexibility index (Phi) is 1.76. The molecule has 68 valence electrons. The lowest BCUT2D eigenvalue weighted by molar-refractivity contribution is -0.143. The van der Waals surface area contributed by atoms with Crippen molar-refractivity contribution in [3.63, 3.8) is 0 Å². The van der Waals surface area contributed by atoms with Crippen LogP contribution in [0.5, 0.6) is 0 Å². The second kappa shape index (κ2) is 2.80. The van der Waals surface area contributed by atoms with Gasteiger partial charge in [0.25, 0.3) is 0 Å². The summed E-state index contributed by atoms with van der Waals surface area (Å²) in [4.78, 5) is 19.5. The Hall–Kier alpha value is -1.45. The topological polar surface area (TPSA) is 52.1 Å². The fourth-order valence-corrected chi connectivity index (χ4v) is 1.43. The molecule has 1 aromatic rings. The lowest BCUT2D eigenvalue weighted by atomic mass is 10.0. The maximum absolute atomic E-state index is 11.4. The van der Waals surface area contributed by atoms with E-state index in [1.165, 1.54) is 7.11 Å². The zero-order valence-corrected chi connectivity index (χ0v) is 7.36. The van der Waals surface area contributed by atoms with Crippen LogP contribution in [0, 0.1) is 0 Å². The van der Waals surface area contributed by atoms with E-state index in [1.807, 2.05) is 0 Å². The Balaban J connectivity index is 2.31. The van der Waals surface area contributed by atoms with E-state index >= 15 is 0 Å². The Morgan fingerprint density at radius 3 is 2.77 bits per heavy atom. The number of rotatable bonds is 2. The van der Waals surface area contributed by atoms with Gasteiger partial charge in [0.05, 0.1) is 12.8 Å². The van der Waals surface area contributed by atoms with Crippen LogP contribution in [0.4, 0.5) is 0 Å². The zero-order chi connectivity index (χ0) is 9.31. The smallest absolute Gasteiger partial charge is 0.317 e. The SMILES string of the molecule is COC(=O)C1(c2cnccn2)CC1. The molecule has 0 aromatic carbocycles. The third-order valence-corrected chi connectivity index (χ3v) is 2.38. The molecule has 0 radical (unpaired) electrons. The molecule has 1 aromatic heterocycles. The molecule has 0 bridgehead atoms. The average Bonchev–Trinajstić information content (AvgIpc) is 2.99. The van der Waals surface area contributed by atoms with E-state index in [0.717, 1.165) is 18.5 Å². The summed E-state index contributed by atoms with van der Waals surface area (Å²) in [6.07, 6.45) is 6.45. The number of carbonyl (C=O) groups excluding carboxylic acids is 1. The molecule has 2 rings (SSSR count). The Labute approximate surface area is 76.0 Å². The minimum absolute atomic E-state index is 0.201. The van der Waals surface area contributed by atoms with Crippen LogP contribution in [0.15, 0.2) is 18.6 Å². The summed E-state index contributed by atoms with van der Waals surface area (Å²) in [6.45, 7) is 0. The van der Waals surface area contributed by atoms with Gasteiger partial charge < -0.3 is 4.74 Å². The van der Waals surface area contributed by atoms with Crippen LogP contribution in [0.2, 0.25) is 0 Å². The number of ether oxygens (including phenoxy) is 1. The number of carbonyl (C=O) groups is 1. The molecule has 0 unspecified atom stereocenters. The minimum Gasteiger partial charge on any atom is -0.468 e. The second-order valence-corrected chi connectivity index (χ2v) is 3.16. The van der Waals surface area contributed by atoms with Gasteiger partial charge in [0, 0.05) is 18.6 Å². The summed E-state index contributed by atoms with van der Waals surface area (Å²) in [5.74, 6) is -0.201. The van der Waals surface area contributed by atoms with Crippen molar-refractivity contribution in [1.82, 2.24) is 9.97 Å². The maximum Gasteiger partial charge on any atom is 0.317 e. The number of nitrogens with zero attached hydrogens (tertiary/aromatic N) is 2. The van der Waals surface area contributed by atoms with Crippen LogP contribution in [-0.2, 0) is 14.9 Å². The van der Waals surface area contributed by atoms with Crippen LogP contribution in [0.1, 0.15) is 18.5 Å². The predicted octanol–water partition coefficient (Wildman–Crippen LogP) is 0.681. The molecule has 0 amide bonds. The second-order valence-electron chi connectivity index (χ2n) is 3.16. The molecule has 1 fully saturated rings. The average molecular weight is 178 g/mol. The van der Waals surface area contributed by atoms with Crippen molar-refractivity contribution in [1.29, 1.82) is 0 Å². The molecule has 0 atom stereocenters. The van der Waals surface area contributed by atoms with Crippen molar-refractivity contribution in [3.05, 3.63) is 24.3 Å². The quantitative estimate of drug-likeness (QED) is 0.625. The van der Waals surface area contributed by atoms with Crippen LogP contribution in [0.25, 0.3) is 0 Å². The van der Waals surface area contributed by atoms with Crippen molar-refractivity contribution >= 4 is 5.97 Å². The van der Waals surface area contributed by atoms with Gasteiger partial charge in [0.1, 0.15) is 5.41 Å². The van der Waals surface area contributed by atoms with E-state index in [2.05, 4.69) is 9.97 Å². The monoisotopic (exact) mass is 178 g/mol. The van der Waals surface area contributed by atoms with E-state index in [4.69, 9.17) is 4.74 Å². The van der Waals surface area contributed by atoms with Crippen molar-refractivity contribution in [3.8, 4) is 0 Å². The van der Waals surface area contributed by atoms with Gasteiger partial charge >= 0.3 is 5.97 Å². The van der Waals surface area contributed by atoms with Crippen molar-refractivity contribution < 1.29 is 9.53 Å². The Morgan fingerprint density at radius 1 is 1.54 bits per heavy atom. The van der Waals surface area contributed by atoms with Crippen LogP contribution < -0.4 is 0 Å². The molecule has 0 N–H and O–H groups in total. The van der Waals surface area contributed by atoms with Crippen LogP contribution in [0.3, 0.4) is 0 Å². The first-order valence-electron chi connectivity index (χ1n) is 4.14. The van der Waals surface area contributed by atoms with Crippen molar-refractivity contribution in [2.45, 2.75) is 18.3 Å². The molecule has 0 aliphatic heterocycles. The van der Waals surface area contributed by atoms with Gasteiger partial charge in [-0.05, 0) is 12.8 Å². The Morgan fingerprint density at radius 2 is 2.31 bits per heavy atom. The first kappa shape index (κ1) is 8.16. The van der Waals surface area contributed by atoms with Gasteiger partial charge in [-0.15, -0.1) is 0 Å². The molecule has 1 saturated carbocycles.